The highest BCUT2D eigenvalue weighted by atomic mass is 35.5. The van der Waals surface area contributed by atoms with Gasteiger partial charge in [0.05, 0.1) is 11.2 Å². The second-order valence-corrected chi connectivity index (χ2v) is 5.87. The first-order chi connectivity index (χ1) is 10.4. The molecular formula is C16H21ClN4O. The van der Waals surface area contributed by atoms with Crippen LogP contribution in [0.2, 0.25) is 0 Å². The molecule has 5 nitrogen and oxygen atoms in total. The van der Waals surface area contributed by atoms with Crippen LogP contribution < -0.4 is 10.2 Å². The van der Waals surface area contributed by atoms with E-state index in [0.29, 0.717) is 12.2 Å². The Morgan fingerprint density at radius 3 is 2.59 bits per heavy atom. The predicted molar refractivity (Wildman–Crippen MR) is 91.0 cm³/mol. The molecule has 1 unspecified atom stereocenters. The summed E-state index contributed by atoms with van der Waals surface area (Å²) in [5, 5.41) is 1.01. The highest BCUT2D eigenvalue weighted by Gasteiger charge is 2.13. The van der Waals surface area contributed by atoms with Crippen molar-refractivity contribution in [3.63, 3.8) is 0 Å². The highest BCUT2D eigenvalue weighted by Crippen LogP contribution is 2.23. The minimum atomic E-state index is -0.229. The molecule has 1 atom stereocenters. The summed E-state index contributed by atoms with van der Waals surface area (Å²) >= 11 is 5.96. The fourth-order valence-corrected chi connectivity index (χ4v) is 2.39. The molecule has 0 saturated heterocycles. The molecule has 0 radical (unpaired) electrons. The van der Waals surface area contributed by atoms with Gasteiger partial charge in [0.25, 0.3) is 0 Å². The molecule has 0 aliphatic carbocycles. The van der Waals surface area contributed by atoms with Crippen molar-refractivity contribution >= 4 is 34.3 Å². The van der Waals surface area contributed by atoms with Crippen molar-refractivity contribution in [1.29, 1.82) is 0 Å². The zero-order valence-electron chi connectivity index (χ0n) is 13.1. The number of fused-ring (bicyclic) bond motifs is 1. The Morgan fingerprint density at radius 2 is 2.00 bits per heavy atom. The van der Waals surface area contributed by atoms with Crippen LogP contribution in [0.3, 0.4) is 0 Å². The summed E-state index contributed by atoms with van der Waals surface area (Å²) in [4.78, 5) is 18.1. The van der Waals surface area contributed by atoms with Crippen molar-refractivity contribution in [1.82, 2.24) is 9.88 Å². The molecule has 0 aliphatic heterocycles. The van der Waals surface area contributed by atoms with Crippen molar-refractivity contribution in [2.24, 2.45) is 5.73 Å². The summed E-state index contributed by atoms with van der Waals surface area (Å²) in [6, 6.07) is 9.82. The molecule has 0 spiro atoms. The van der Waals surface area contributed by atoms with Crippen LogP contribution >= 0.6 is 11.8 Å². The lowest BCUT2D eigenvalue weighted by atomic mass is 10.1. The standard InChI is InChI=1S/C16H21ClN4O/c1-11(22)21(17)14-7-5-12-4-6-13(19-16(12)9-14)8-15(10-18)20(2)3/h4-7,9,15H,8,10,18H2,1-3H3. The predicted octanol–water partition coefficient (Wildman–Crippen LogP) is 2.17. The number of likely N-dealkylation sites (N-methyl/N-ethyl adjacent to an activating group) is 1. The number of hydrogen-bond acceptors (Lipinski definition) is 4. The zero-order valence-corrected chi connectivity index (χ0v) is 13.8. The molecule has 0 aliphatic rings. The zero-order chi connectivity index (χ0) is 16.3. The third-order valence-corrected chi connectivity index (χ3v) is 4.12. The number of carbonyl (C=O) groups is 1. The van der Waals surface area contributed by atoms with Gasteiger partial charge in [-0.2, -0.15) is 0 Å². The first kappa shape index (κ1) is 16.7. The van der Waals surface area contributed by atoms with Gasteiger partial charge in [0.1, 0.15) is 0 Å². The van der Waals surface area contributed by atoms with Gasteiger partial charge < -0.3 is 10.6 Å². The van der Waals surface area contributed by atoms with E-state index < -0.39 is 0 Å². The Bertz CT molecular complexity index is 674. The number of pyridine rings is 1. The van der Waals surface area contributed by atoms with E-state index in [1.165, 1.54) is 6.92 Å². The Kier molecular flexibility index (Phi) is 5.34. The molecule has 1 aromatic heterocycles. The average Bonchev–Trinajstić information content (AvgIpc) is 2.50. The van der Waals surface area contributed by atoms with E-state index >= 15 is 0 Å². The van der Waals surface area contributed by atoms with Crippen molar-refractivity contribution in [2.45, 2.75) is 19.4 Å². The summed E-state index contributed by atoms with van der Waals surface area (Å²) in [6.45, 7) is 2.00. The third kappa shape index (κ3) is 3.74. The van der Waals surface area contributed by atoms with E-state index in [2.05, 4.69) is 9.88 Å². The van der Waals surface area contributed by atoms with Crippen LogP contribution in [0.1, 0.15) is 12.6 Å². The molecule has 118 valence electrons. The lowest BCUT2D eigenvalue weighted by molar-refractivity contribution is -0.115. The van der Waals surface area contributed by atoms with Crippen molar-refractivity contribution in [3.8, 4) is 0 Å². The molecule has 2 N–H and O–H groups in total. The Labute approximate surface area is 135 Å². The molecule has 0 fully saturated rings. The molecule has 2 rings (SSSR count). The second kappa shape index (κ2) is 7.05. The van der Waals surface area contributed by atoms with E-state index in [9.17, 15) is 4.79 Å². The maximum absolute atomic E-state index is 11.4. The first-order valence-electron chi connectivity index (χ1n) is 7.15. The number of hydrogen-bond donors (Lipinski definition) is 1. The largest absolute Gasteiger partial charge is 0.329 e. The number of nitrogens with two attached hydrogens (primary N) is 1. The number of halogens is 1. The van der Waals surface area contributed by atoms with Crippen LogP contribution in [0.25, 0.3) is 10.9 Å². The molecule has 1 amide bonds. The van der Waals surface area contributed by atoms with Crippen molar-refractivity contribution < 1.29 is 4.79 Å². The number of nitrogens with zero attached hydrogens (tertiary/aromatic N) is 3. The van der Waals surface area contributed by atoms with Gasteiger partial charge in [-0.05, 0) is 32.3 Å². The van der Waals surface area contributed by atoms with Crippen LogP contribution in [0.15, 0.2) is 30.3 Å². The minimum Gasteiger partial charge on any atom is -0.329 e. The maximum Gasteiger partial charge on any atom is 0.238 e. The Balaban J connectivity index is 2.33. The quantitative estimate of drug-likeness (QED) is 0.858. The van der Waals surface area contributed by atoms with E-state index in [0.717, 1.165) is 27.4 Å². The van der Waals surface area contributed by atoms with Gasteiger partial charge in [0.2, 0.25) is 5.91 Å². The molecule has 1 heterocycles. The highest BCUT2D eigenvalue weighted by molar-refractivity contribution is 6.36. The molecule has 1 aromatic carbocycles. The number of rotatable bonds is 5. The van der Waals surface area contributed by atoms with E-state index in [1.807, 2.05) is 38.4 Å². The maximum atomic E-state index is 11.4. The van der Waals surface area contributed by atoms with Gasteiger partial charge >= 0.3 is 0 Å². The normalized spacial score (nSPS) is 12.6. The van der Waals surface area contributed by atoms with E-state index in [1.54, 1.807) is 6.07 Å². The Hall–Kier alpha value is -1.69. The first-order valence-corrected chi connectivity index (χ1v) is 7.49. The van der Waals surface area contributed by atoms with E-state index in [4.69, 9.17) is 17.5 Å². The summed E-state index contributed by atoms with van der Waals surface area (Å²) in [5.41, 5.74) is 8.21. The van der Waals surface area contributed by atoms with Crippen LogP contribution in [0.4, 0.5) is 5.69 Å². The molecule has 0 bridgehead atoms. The van der Waals surface area contributed by atoms with Gasteiger partial charge in [0.15, 0.2) is 0 Å². The molecule has 6 heteroatoms. The minimum absolute atomic E-state index is 0.229. The lowest BCUT2D eigenvalue weighted by Gasteiger charge is -2.22. The fourth-order valence-electron chi connectivity index (χ4n) is 2.28. The third-order valence-electron chi connectivity index (χ3n) is 3.68. The Morgan fingerprint density at radius 1 is 1.32 bits per heavy atom. The SMILES string of the molecule is CC(=O)N(Cl)c1ccc2ccc(CC(CN)N(C)C)nc2c1. The number of amides is 1. The molecule has 22 heavy (non-hydrogen) atoms. The van der Waals surface area contributed by atoms with Crippen LogP contribution in [0, 0.1) is 0 Å². The van der Waals surface area contributed by atoms with Crippen LogP contribution in [0.5, 0.6) is 0 Å². The smallest absolute Gasteiger partial charge is 0.238 e. The lowest BCUT2D eigenvalue weighted by Crippen LogP contribution is -2.37. The van der Waals surface area contributed by atoms with Gasteiger partial charge in [-0.1, -0.05) is 12.1 Å². The average molecular weight is 321 g/mol. The monoisotopic (exact) mass is 320 g/mol. The second-order valence-electron chi connectivity index (χ2n) is 5.54. The van der Waals surface area contributed by atoms with Crippen molar-refractivity contribution in [3.05, 3.63) is 36.0 Å². The summed E-state index contributed by atoms with van der Waals surface area (Å²) in [5.74, 6) is -0.229. The molecule has 0 saturated carbocycles. The van der Waals surface area contributed by atoms with E-state index in [-0.39, 0.29) is 11.9 Å². The molecule has 2 aromatic rings. The van der Waals surface area contributed by atoms with Gasteiger partial charge in [-0.3, -0.25) is 9.78 Å². The van der Waals surface area contributed by atoms with Crippen LogP contribution in [-0.2, 0) is 11.2 Å². The summed E-state index contributed by atoms with van der Waals surface area (Å²) in [7, 11) is 4.02. The number of anilines is 1. The van der Waals surface area contributed by atoms with Crippen LogP contribution in [-0.4, -0.2) is 42.5 Å². The summed E-state index contributed by atoms with van der Waals surface area (Å²) in [6.07, 6.45) is 0.779. The molecular weight excluding hydrogens is 300 g/mol. The summed E-state index contributed by atoms with van der Waals surface area (Å²) < 4.78 is 1.09. The fraction of sp³-hybridized carbons (Fsp3) is 0.375. The number of benzene rings is 1. The van der Waals surface area contributed by atoms with Gasteiger partial charge in [-0.25, -0.2) is 4.42 Å². The van der Waals surface area contributed by atoms with Crippen molar-refractivity contribution in [2.75, 3.05) is 25.1 Å². The van der Waals surface area contributed by atoms with Gasteiger partial charge in [-0.15, -0.1) is 0 Å². The number of carbonyl (C=O) groups excluding carboxylic acids is 1. The topological polar surface area (TPSA) is 62.5 Å². The van der Waals surface area contributed by atoms with Gasteiger partial charge in [0, 0.05) is 48.8 Å². The number of aromatic nitrogens is 1.